The number of benzene rings is 1. The number of aryl methyl sites for hydroxylation is 1. The van der Waals surface area contributed by atoms with Gasteiger partial charge in [0.05, 0.1) is 12.7 Å². The van der Waals surface area contributed by atoms with Crippen LogP contribution in [0.3, 0.4) is 0 Å². The van der Waals surface area contributed by atoms with E-state index in [4.69, 9.17) is 4.74 Å². The Morgan fingerprint density at radius 3 is 2.88 bits per heavy atom. The van der Waals surface area contributed by atoms with Crippen molar-refractivity contribution in [3.05, 3.63) is 29.3 Å². The van der Waals surface area contributed by atoms with Crippen LogP contribution >= 0.6 is 0 Å². The van der Waals surface area contributed by atoms with Crippen LogP contribution in [0.25, 0.3) is 0 Å². The maximum absolute atomic E-state index is 10.3. The van der Waals surface area contributed by atoms with Crippen LogP contribution in [0, 0.1) is 6.92 Å². The molecule has 0 saturated carbocycles. The topological polar surface area (TPSA) is 41.5 Å². The molecule has 0 spiro atoms. The third-order valence-corrected chi connectivity index (χ3v) is 3.29. The minimum absolute atomic E-state index is 0.570. The summed E-state index contributed by atoms with van der Waals surface area (Å²) >= 11 is 0. The fraction of sp³-hybridized carbons (Fsp3) is 0.538. The lowest BCUT2D eigenvalue weighted by atomic mass is 9.91. The zero-order valence-corrected chi connectivity index (χ0v) is 9.92. The highest BCUT2D eigenvalue weighted by molar-refractivity contribution is 5.35. The Morgan fingerprint density at radius 2 is 2.31 bits per heavy atom. The minimum Gasteiger partial charge on any atom is -0.497 e. The molecule has 1 atom stereocenters. The van der Waals surface area contributed by atoms with Crippen LogP contribution in [-0.2, 0) is 6.42 Å². The Hall–Kier alpha value is -1.06. The highest BCUT2D eigenvalue weighted by Crippen LogP contribution is 2.24. The molecule has 1 heterocycles. The molecule has 2 N–H and O–H groups in total. The predicted octanol–water partition coefficient (Wildman–Crippen LogP) is 1.27. The maximum atomic E-state index is 10.3. The minimum atomic E-state index is -0.570. The van der Waals surface area contributed by atoms with E-state index in [1.807, 2.05) is 18.2 Å². The van der Waals surface area contributed by atoms with Gasteiger partial charge in [-0.3, -0.25) is 0 Å². The summed E-state index contributed by atoms with van der Waals surface area (Å²) in [6.45, 7) is 3.66. The zero-order chi connectivity index (χ0) is 11.6. The number of nitrogens with one attached hydrogen (secondary N) is 1. The van der Waals surface area contributed by atoms with E-state index >= 15 is 0 Å². The Labute approximate surface area is 96.4 Å². The summed E-state index contributed by atoms with van der Waals surface area (Å²) < 4.78 is 5.17. The first-order chi connectivity index (χ1) is 7.63. The second kappa shape index (κ2) is 4.44. The Morgan fingerprint density at radius 1 is 1.50 bits per heavy atom. The molecule has 88 valence electrons. The lowest BCUT2D eigenvalue weighted by molar-refractivity contribution is 0.0617. The van der Waals surface area contributed by atoms with Gasteiger partial charge in [0, 0.05) is 13.0 Å². The molecule has 1 unspecified atom stereocenters. The van der Waals surface area contributed by atoms with Gasteiger partial charge in [0.25, 0.3) is 0 Å². The van der Waals surface area contributed by atoms with Gasteiger partial charge >= 0.3 is 0 Å². The summed E-state index contributed by atoms with van der Waals surface area (Å²) in [7, 11) is 1.67. The second-order valence-electron chi connectivity index (χ2n) is 4.62. The van der Waals surface area contributed by atoms with E-state index in [1.54, 1.807) is 7.11 Å². The molecular formula is C13H19NO2. The largest absolute Gasteiger partial charge is 0.497 e. The molecule has 0 aromatic heterocycles. The number of methoxy groups -OCH3 is 1. The van der Waals surface area contributed by atoms with Gasteiger partial charge in [0.1, 0.15) is 5.75 Å². The number of rotatable bonds is 3. The highest BCUT2D eigenvalue weighted by Gasteiger charge is 2.31. The summed E-state index contributed by atoms with van der Waals surface area (Å²) in [5.74, 6) is 0.873. The van der Waals surface area contributed by atoms with Crippen LogP contribution in [0.4, 0.5) is 0 Å². The van der Waals surface area contributed by atoms with Gasteiger partial charge < -0.3 is 15.2 Å². The Kier molecular flexibility index (Phi) is 3.17. The van der Waals surface area contributed by atoms with E-state index < -0.39 is 5.60 Å². The number of hydrogen-bond acceptors (Lipinski definition) is 3. The van der Waals surface area contributed by atoms with Crippen LogP contribution < -0.4 is 10.1 Å². The van der Waals surface area contributed by atoms with E-state index in [0.717, 1.165) is 25.1 Å². The number of aliphatic hydroxyl groups is 1. The van der Waals surface area contributed by atoms with Gasteiger partial charge in [-0.05, 0) is 43.1 Å². The summed E-state index contributed by atoms with van der Waals surface area (Å²) in [5.41, 5.74) is 1.81. The van der Waals surface area contributed by atoms with Gasteiger partial charge in [0.2, 0.25) is 0 Å². The van der Waals surface area contributed by atoms with Crippen molar-refractivity contribution in [1.29, 1.82) is 0 Å². The molecule has 1 aliphatic rings. The molecule has 3 heteroatoms. The van der Waals surface area contributed by atoms with Gasteiger partial charge in [-0.2, -0.15) is 0 Å². The summed E-state index contributed by atoms with van der Waals surface area (Å²) in [6, 6.07) is 6.01. The Balaban J connectivity index is 2.15. The third-order valence-electron chi connectivity index (χ3n) is 3.29. The van der Waals surface area contributed by atoms with Crippen molar-refractivity contribution in [3.8, 4) is 5.75 Å². The van der Waals surface area contributed by atoms with Gasteiger partial charge in [-0.15, -0.1) is 0 Å². The summed E-state index contributed by atoms with van der Waals surface area (Å²) in [6.07, 6.45) is 1.55. The maximum Gasteiger partial charge on any atom is 0.119 e. The zero-order valence-electron chi connectivity index (χ0n) is 9.92. The van der Waals surface area contributed by atoms with Gasteiger partial charge in [-0.1, -0.05) is 6.07 Å². The molecule has 16 heavy (non-hydrogen) atoms. The summed E-state index contributed by atoms with van der Waals surface area (Å²) in [4.78, 5) is 0. The van der Waals surface area contributed by atoms with Gasteiger partial charge in [0.15, 0.2) is 0 Å². The van der Waals surface area contributed by atoms with Crippen molar-refractivity contribution in [3.63, 3.8) is 0 Å². The van der Waals surface area contributed by atoms with Crippen molar-refractivity contribution in [2.75, 3.05) is 20.2 Å². The molecular weight excluding hydrogens is 202 g/mol. The highest BCUT2D eigenvalue weighted by atomic mass is 16.5. The van der Waals surface area contributed by atoms with E-state index in [1.165, 1.54) is 11.1 Å². The molecule has 0 aliphatic carbocycles. The number of hydrogen-bond donors (Lipinski definition) is 2. The smallest absolute Gasteiger partial charge is 0.119 e. The molecule has 1 fully saturated rings. The lowest BCUT2D eigenvalue weighted by Crippen LogP contribution is -2.34. The first kappa shape index (κ1) is 11.4. The fourth-order valence-electron chi connectivity index (χ4n) is 2.23. The monoisotopic (exact) mass is 221 g/mol. The molecule has 0 bridgehead atoms. The Bertz CT molecular complexity index is 370. The fourth-order valence-corrected chi connectivity index (χ4v) is 2.23. The number of β-amino-alcohol motifs (C(OH)–C–C–N with tert-alkyl or cyclic N) is 1. The average Bonchev–Trinajstić information content (AvgIpc) is 2.68. The molecule has 3 nitrogen and oxygen atoms in total. The van der Waals surface area contributed by atoms with Crippen molar-refractivity contribution in [1.82, 2.24) is 5.32 Å². The van der Waals surface area contributed by atoms with Crippen molar-refractivity contribution in [2.24, 2.45) is 0 Å². The first-order valence-electron chi connectivity index (χ1n) is 5.70. The van der Waals surface area contributed by atoms with Crippen LogP contribution in [0.2, 0.25) is 0 Å². The second-order valence-corrected chi connectivity index (χ2v) is 4.62. The third kappa shape index (κ3) is 2.36. The molecule has 2 rings (SSSR count). The SMILES string of the molecule is COc1ccc(CC2(O)CCNC2)c(C)c1. The quantitative estimate of drug-likeness (QED) is 0.807. The van der Waals surface area contributed by atoms with Crippen LogP contribution in [0.1, 0.15) is 17.5 Å². The normalized spacial score (nSPS) is 24.7. The molecule has 1 aromatic carbocycles. The molecule has 1 aliphatic heterocycles. The van der Waals surface area contributed by atoms with E-state index in [2.05, 4.69) is 12.2 Å². The van der Waals surface area contributed by atoms with Crippen LogP contribution in [0.15, 0.2) is 18.2 Å². The van der Waals surface area contributed by atoms with E-state index in [0.29, 0.717) is 6.54 Å². The van der Waals surface area contributed by atoms with Crippen molar-refractivity contribution in [2.45, 2.75) is 25.4 Å². The molecule has 0 radical (unpaired) electrons. The van der Waals surface area contributed by atoms with E-state index in [-0.39, 0.29) is 0 Å². The number of ether oxygens (including phenoxy) is 1. The lowest BCUT2D eigenvalue weighted by Gasteiger charge is -2.22. The van der Waals surface area contributed by atoms with Crippen molar-refractivity contribution >= 4 is 0 Å². The summed E-state index contributed by atoms with van der Waals surface area (Å²) in [5, 5.41) is 13.5. The average molecular weight is 221 g/mol. The van der Waals surface area contributed by atoms with E-state index in [9.17, 15) is 5.11 Å². The van der Waals surface area contributed by atoms with Crippen LogP contribution in [0.5, 0.6) is 5.75 Å². The standard InChI is InChI=1S/C13H19NO2/c1-10-7-12(16-2)4-3-11(10)8-13(15)5-6-14-9-13/h3-4,7,14-15H,5-6,8-9H2,1-2H3. The van der Waals surface area contributed by atoms with Gasteiger partial charge in [-0.25, -0.2) is 0 Å². The van der Waals surface area contributed by atoms with Crippen LogP contribution in [-0.4, -0.2) is 30.9 Å². The van der Waals surface area contributed by atoms with Crippen molar-refractivity contribution < 1.29 is 9.84 Å². The predicted molar refractivity (Wildman–Crippen MR) is 63.9 cm³/mol. The molecule has 0 amide bonds. The first-order valence-corrected chi connectivity index (χ1v) is 5.70. The molecule has 1 saturated heterocycles. The molecule has 1 aromatic rings.